The number of anilines is 1. The van der Waals surface area contributed by atoms with Crippen molar-refractivity contribution in [2.45, 2.75) is 50.7 Å². The summed E-state index contributed by atoms with van der Waals surface area (Å²) in [5, 5.41) is 6.49. The van der Waals surface area contributed by atoms with Gasteiger partial charge >= 0.3 is 0 Å². The summed E-state index contributed by atoms with van der Waals surface area (Å²) in [6, 6.07) is 9.16. The average molecular weight is 385 g/mol. The highest BCUT2D eigenvalue weighted by Crippen LogP contribution is 2.19. The Morgan fingerprint density at radius 3 is 2.33 bits per heavy atom. The molecule has 1 aliphatic carbocycles. The molecule has 7 heteroatoms. The van der Waals surface area contributed by atoms with Gasteiger partial charge in [0, 0.05) is 28.7 Å². The number of thioether (sulfide) groups is 1. The molecule has 1 saturated carbocycles. The zero-order chi connectivity index (χ0) is 19.2. The maximum atomic E-state index is 12.2. The van der Waals surface area contributed by atoms with Crippen molar-refractivity contribution in [3.8, 4) is 0 Å². The third-order valence-corrected chi connectivity index (χ3v) is 5.26. The van der Waals surface area contributed by atoms with Crippen molar-refractivity contribution < 1.29 is 9.59 Å². The third kappa shape index (κ3) is 5.79. The number of benzene rings is 1. The number of aromatic nitrogens is 2. The average Bonchev–Trinajstić information content (AvgIpc) is 3.13. The Morgan fingerprint density at radius 2 is 1.70 bits per heavy atom. The van der Waals surface area contributed by atoms with E-state index in [4.69, 9.17) is 0 Å². The van der Waals surface area contributed by atoms with Gasteiger partial charge in [0.05, 0.1) is 5.75 Å². The van der Waals surface area contributed by atoms with Gasteiger partial charge in [-0.1, -0.05) is 24.6 Å². The highest BCUT2D eigenvalue weighted by molar-refractivity contribution is 7.99. The smallest absolute Gasteiger partial charge is 0.251 e. The first-order valence-electron chi connectivity index (χ1n) is 9.15. The van der Waals surface area contributed by atoms with E-state index in [1.54, 1.807) is 24.3 Å². The molecule has 142 valence electrons. The largest absolute Gasteiger partial charge is 0.349 e. The summed E-state index contributed by atoms with van der Waals surface area (Å²) >= 11 is 1.30. The molecule has 0 spiro atoms. The summed E-state index contributed by atoms with van der Waals surface area (Å²) in [7, 11) is 0. The lowest BCUT2D eigenvalue weighted by atomic mass is 10.1. The molecule has 3 rings (SSSR count). The normalized spacial score (nSPS) is 14.1. The van der Waals surface area contributed by atoms with Crippen LogP contribution in [0.4, 0.5) is 5.69 Å². The molecule has 0 atom stereocenters. The van der Waals surface area contributed by atoms with Crippen LogP contribution in [0, 0.1) is 13.8 Å². The highest BCUT2D eigenvalue weighted by Gasteiger charge is 2.17. The van der Waals surface area contributed by atoms with Crippen LogP contribution in [0.1, 0.15) is 47.4 Å². The van der Waals surface area contributed by atoms with Gasteiger partial charge in [-0.2, -0.15) is 0 Å². The van der Waals surface area contributed by atoms with Crippen LogP contribution < -0.4 is 10.6 Å². The molecule has 1 heterocycles. The maximum absolute atomic E-state index is 12.2. The molecule has 0 unspecified atom stereocenters. The van der Waals surface area contributed by atoms with E-state index >= 15 is 0 Å². The van der Waals surface area contributed by atoms with Crippen molar-refractivity contribution in [3.63, 3.8) is 0 Å². The molecule has 0 saturated heterocycles. The van der Waals surface area contributed by atoms with Gasteiger partial charge in [-0.05, 0) is 57.0 Å². The molecule has 1 fully saturated rings. The van der Waals surface area contributed by atoms with Crippen molar-refractivity contribution in [3.05, 3.63) is 47.3 Å². The first kappa shape index (κ1) is 19.4. The Kier molecular flexibility index (Phi) is 6.45. The second-order valence-electron chi connectivity index (χ2n) is 6.80. The fourth-order valence-electron chi connectivity index (χ4n) is 3.13. The summed E-state index contributed by atoms with van der Waals surface area (Å²) in [6.07, 6.45) is 4.48. The molecule has 1 aromatic heterocycles. The quantitative estimate of drug-likeness (QED) is 0.588. The lowest BCUT2D eigenvalue weighted by Crippen LogP contribution is -2.32. The fourth-order valence-corrected chi connectivity index (χ4v) is 3.88. The Hall–Kier alpha value is -2.41. The lowest BCUT2D eigenvalue weighted by molar-refractivity contribution is -0.113. The van der Waals surface area contributed by atoms with Crippen molar-refractivity contribution in [2.24, 2.45) is 0 Å². The molecule has 0 aliphatic heterocycles. The number of aryl methyl sites for hydroxylation is 2. The minimum absolute atomic E-state index is 0.0534. The molecule has 0 bridgehead atoms. The van der Waals surface area contributed by atoms with Crippen LogP contribution in [-0.2, 0) is 4.79 Å². The van der Waals surface area contributed by atoms with Crippen LogP contribution in [0.2, 0.25) is 0 Å². The number of rotatable bonds is 6. The molecular formula is C20H24N4O2S. The fraction of sp³-hybridized carbons (Fsp3) is 0.400. The monoisotopic (exact) mass is 384 g/mol. The van der Waals surface area contributed by atoms with Crippen molar-refractivity contribution in [1.29, 1.82) is 0 Å². The zero-order valence-corrected chi connectivity index (χ0v) is 16.4. The summed E-state index contributed by atoms with van der Waals surface area (Å²) < 4.78 is 0. The van der Waals surface area contributed by atoms with E-state index < -0.39 is 0 Å². The van der Waals surface area contributed by atoms with Gasteiger partial charge in [-0.15, -0.1) is 0 Å². The minimum atomic E-state index is -0.133. The third-order valence-electron chi connectivity index (χ3n) is 4.42. The van der Waals surface area contributed by atoms with E-state index in [2.05, 4.69) is 20.6 Å². The van der Waals surface area contributed by atoms with Gasteiger partial charge in [-0.3, -0.25) is 9.59 Å². The summed E-state index contributed by atoms with van der Waals surface area (Å²) in [5.74, 6) is 0.0421. The first-order chi connectivity index (χ1) is 13.0. The number of nitrogens with one attached hydrogen (secondary N) is 2. The van der Waals surface area contributed by atoms with Crippen LogP contribution in [0.25, 0.3) is 0 Å². The van der Waals surface area contributed by atoms with Gasteiger partial charge in [0.25, 0.3) is 5.91 Å². The Balaban J connectivity index is 1.49. The number of nitrogens with zero attached hydrogens (tertiary/aromatic N) is 2. The molecule has 1 aliphatic rings. The van der Waals surface area contributed by atoms with Gasteiger partial charge in [0.15, 0.2) is 5.16 Å². The second-order valence-corrected chi connectivity index (χ2v) is 7.74. The van der Waals surface area contributed by atoms with Crippen LogP contribution in [0.5, 0.6) is 0 Å². The van der Waals surface area contributed by atoms with E-state index in [-0.39, 0.29) is 17.6 Å². The van der Waals surface area contributed by atoms with Crippen molar-refractivity contribution in [1.82, 2.24) is 15.3 Å². The molecule has 0 radical (unpaired) electrons. The lowest BCUT2D eigenvalue weighted by Gasteiger charge is -2.12. The SMILES string of the molecule is Cc1cc(C)nc(SCC(=O)Nc2ccc(C(=O)NC3CCCC3)cc2)n1. The second kappa shape index (κ2) is 8.99. The first-order valence-corrected chi connectivity index (χ1v) is 10.1. The van der Waals surface area contributed by atoms with E-state index in [9.17, 15) is 9.59 Å². The minimum Gasteiger partial charge on any atom is -0.349 e. The van der Waals surface area contributed by atoms with Crippen molar-refractivity contribution >= 4 is 29.3 Å². The van der Waals surface area contributed by atoms with Gasteiger partial charge < -0.3 is 10.6 Å². The number of carbonyl (C=O) groups excluding carboxylic acids is 2. The zero-order valence-electron chi connectivity index (χ0n) is 15.6. The maximum Gasteiger partial charge on any atom is 0.251 e. The molecule has 27 heavy (non-hydrogen) atoms. The van der Waals surface area contributed by atoms with Crippen molar-refractivity contribution in [2.75, 3.05) is 11.1 Å². The molecule has 1 aromatic carbocycles. The highest BCUT2D eigenvalue weighted by atomic mass is 32.2. The van der Waals surface area contributed by atoms with E-state index in [1.165, 1.54) is 24.6 Å². The van der Waals surface area contributed by atoms with Gasteiger partial charge in [0.1, 0.15) is 0 Å². The van der Waals surface area contributed by atoms with E-state index in [1.807, 2.05) is 19.9 Å². The van der Waals surface area contributed by atoms with E-state index in [0.29, 0.717) is 22.4 Å². The topological polar surface area (TPSA) is 84.0 Å². The Bertz CT molecular complexity index is 797. The van der Waals surface area contributed by atoms with Crippen LogP contribution in [0.15, 0.2) is 35.5 Å². The van der Waals surface area contributed by atoms with Gasteiger partial charge in [0.2, 0.25) is 5.91 Å². The number of hydrogen-bond acceptors (Lipinski definition) is 5. The molecule has 2 N–H and O–H groups in total. The standard InChI is InChI=1S/C20H24N4O2S/c1-13-11-14(2)22-20(21-13)27-12-18(25)23-17-9-7-15(8-10-17)19(26)24-16-5-3-4-6-16/h7-11,16H,3-6,12H2,1-2H3,(H,23,25)(H,24,26). The predicted molar refractivity (Wildman–Crippen MR) is 107 cm³/mol. The Labute approximate surface area is 163 Å². The number of amides is 2. The Morgan fingerprint density at radius 1 is 1.07 bits per heavy atom. The predicted octanol–water partition coefficient (Wildman–Crippen LogP) is 3.50. The summed E-state index contributed by atoms with van der Waals surface area (Å²) in [6.45, 7) is 3.81. The number of carbonyl (C=O) groups is 2. The summed E-state index contributed by atoms with van der Waals surface area (Å²) in [5.41, 5.74) is 3.05. The summed E-state index contributed by atoms with van der Waals surface area (Å²) in [4.78, 5) is 33.0. The molecule has 6 nitrogen and oxygen atoms in total. The van der Waals surface area contributed by atoms with Crippen LogP contribution >= 0.6 is 11.8 Å². The molecule has 2 amide bonds. The number of hydrogen-bond donors (Lipinski definition) is 2. The van der Waals surface area contributed by atoms with Crippen LogP contribution in [0.3, 0.4) is 0 Å². The van der Waals surface area contributed by atoms with Crippen LogP contribution in [-0.4, -0.2) is 33.6 Å². The van der Waals surface area contributed by atoms with Gasteiger partial charge in [-0.25, -0.2) is 9.97 Å². The molecule has 2 aromatic rings. The molecular weight excluding hydrogens is 360 g/mol. The van der Waals surface area contributed by atoms with E-state index in [0.717, 1.165) is 24.2 Å².